The molecule has 0 bridgehead atoms. The third-order valence-corrected chi connectivity index (χ3v) is 4.75. The number of hydrogen-bond donors (Lipinski definition) is 2. The Morgan fingerprint density at radius 1 is 1.36 bits per heavy atom. The Balaban J connectivity index is 1.63. The van der Waals surface area contributed by atoms with Crippen molar-refractivity contribution in [3.8, 4) is 5.75 Å². The molecule has 0 saturated carbocycles. The van der Waals surface area contributed by atoms with Crippen molar-refractivity contribution in [2.75, 3.05) is 40.3 Å². The molecule has 2 aliphatic rings. The molecule has 2 unspecified atom stereocenters. The van der Waals surface area contributed by atoms with Crippen molar-refractivity contribution >= 4 is 5.96 Å². The summed E-state index contributed by atoms with van der Waals surface area (Å²) in [5.74, 6) is 1.75. The van der Waals surface area contributed by atoms with Crippen molar-refractivity contribution < 1.29 is 9.47 Å². The van der Waals surface area contributed by atoms with Gasteiger partial charge < -0.3 is 25.0 Å². The number of ether oxygens (including phenoxy) is 2. The van der Waals surface area contributed by atoms with Gasteiger partial charge in [-0.2, -0.15) is 0 Å². The number of nitrogens with one attached hydrogen (secondary N) is 2. The van der Waals surface area contributed by atoms with Gasteiger partial charge in [0.1, 0.15) is 11.4 Å². The van der Waals surface area contributed by atoms with Crippen LogP contribution in [-0.2, 0) is 4.74 Å². The van der Waals surface area contributed by atoms with E-state index in [9.17, 15) is 0 Å². The molecule has 0 aliphatic carbocycles. The van der Waals surface area contributed by atoms with E-state index in [-0.39, 0.29) is 17.7 Å². The van der Waals surface area contributed by atoms with E-state index in [4.69, 9.17) is 9.47 Å². The van der Waals surface area contributed by atoms with Crippen LogP contribution >= 0.6 is 0 Å². The second kappa shape index (κ2) is 7.62. The van der Waals surface area contributed by atoms with Crippen molar-refractivity contribution in [1.82, 2.24) is 15.5 Å². The van der Waals surface area contributed by atoms with Crippen LogP contribution in [0.5, 0.6) is 5.75 Å². The summed E-state index contributed by atoms with van der Waals surface area (Å²) in [5.41, 5.74) is 0.971. The molecule has 0 spiro atoms. The second-order valence-corrected chi connectivity index (χ2v) is 7.51. The number of fused-ring (bicyclic) bond motifs is 1. The summed E-state index contributed by atoms with van der Waals surface area (Å²) in [6, 6.07) is 8.39. The predicted molar refractivity (Wildman–Crippen MR) is 100 cm³/mol. The number of guanidine groups is 1. The Labute approximate surface area is 150 Å². The molecule has 6 nitrogen and oxygen atoms in total. The number of morpholine rings is 1. The number of para-hydroxylation sites is 1. The topological polar surface area (TPSA) is 58.1 Å². The number of likely N-dealkylation sites (N-methyl/N-ethyl adjacent to an activating group) is 1. The molecule has 0 aromatic heterocycles. The quantitative estimate of drug-likeness (QED) is 0.645. The average molecular weight is 346 g/mol. The zero-order valence-corrected chi connectivity index (χ0v) is 15.7. The molecule has 6 heteroatoms. The van der Waals surface area contributed by atoms with Crippen LogP contribution in [-0.4, -0.2) is 62.9 Å². The fourth-order valence-electron chi connectivity index (χ4n) is 3.49. The highest BCUT2D eigenvalue weighted by Gasteiger charge is 2.34. The first kappa shape index (κ1) is 18.0. The van der Waals surface area contributed by atoms with E-state index in [2.05, 4.69) is 53.6 Å². The molecule has 138 valence electrons. The van der Waals surface area contributed by atoms with Gasteiger partial charge in [-0.3, -0.25) is 4.99 Å². The first-order chi connectivity index (χ1) is 12.0. The highest BCUT2D eigenvalue weighted by Crippen LogP contribution is 2.39. The number of nitrogens with zero attached hydrogens (tertiary/aromatic N) is 2. The van der Waals surface area contributed by atoms with Crippen LogP contribution in [0.25, 0.3) is 0 Å². The Morgan fingerprint density at radius 3 is 2.92 bits per heavy atom. The zero-order valence-electron chi connectivity index (χ0n) is 15.7. The van der Waals surface area contributed by atoms with E-state index in [0.717, 1.165) is 44.4 Å². The SMILES string of the molecule is CN=C(NCC1CN(C)CCO1)NC1CC(C)(C)Oc2ccccc21. The molecular weight excluding hydrogens is 316 g/mol. The number of aliphatic imine (C=N–C) groups is 1. The molecule has 1 aromatic rings. The van der Waals surface area contributed by atoms with E-state index in [0.29, 0.717) is 0 Å². The Morgan fingerprint density at radius 2 is 2.16 bits per heavy atom. The molecule has 0 radical (unpaired) electrons. The van der Waals surface area contributed by atoms with Crippen LogP contribution in [0.4, 0.5) is 0 Å². The molecule has 2 atom stereocenters. The highest BCUT2D eigenvalue weighted by molar-refractivity contribution is 5.80. The van der Waals surface area contributed by atoms with Gasteiger partial charge in [0.15, 0.2) is 5.96 Å². The monoisotopic (exact) mass is 346 g/mol. The lowest BCUT2D eigenvalue weighted by Crippen LogP contribution is -2.50. The van der Waals surface area contributed by atoms with Crippen LogP contribution in [0.3, 0.4) is 0 Å². The summed E-state index contributed by atoms with van der Waals surface area (Å²) in [6.07, 6.45) is 1.07. The smallest absolute Gasteiger partial charge is 0.191 e. The summed E-state index contributed by atoms with van der Waals surface area (Å²) in [4.78, 5) is 6.69. The van der Waals surface area contributed by atoms with E-state index >= 15 is 0 Å². The molecule has 1 saturated heterocycles. The molecule has 2 aliphatic heterocycles. The maximum absolute atomic E-state index is 6.11. The molecule has 1 aromatic carbocycles. The first-order valence-corrected chi connectivity index (χ1v) is 9.02. The summed E-state index contributed by atoms with van der Waals surface area (Å²) < 4.78 is 11.9. The molecule has 1 fully saturated rings. The Bertz CT molecular complexity index is 617. The molecular formula is C19H30N4O2. The minimum atomic E-state index is -0.208. The molecule has 0 amide bonds. The van der Waals surface area contributed by atoms with Crippen LogP contribution in [0, 0.1) is 0 Å². The van der Waals surface area contributed by atoms with Gasteiger partial charge in [-0.1, -0.05) is 18.2 Å². The lowest BCUT2D eigenvalue weighted by Gasteiger charge is -2.38. The van der Waals surface area contributed by atoms with Gasteiger partial charge in [-0.05, 0) is 27.0 Å². The Kier molecular flexibility index (Phi) is 5.49. The lowest BCUT2D eigenvalue weighted by atomic mass is 9.90. The van der Waals surface area contributed by atoms with E-state index in [1.54, 1.807) is 7.05 Å². The van der Waals surface area contributed by atoms with Crippen molar-refractivity contribution in [2.45, 2.75) is 38.0 Å². The van der Waals surface area contributed by atoms with Gasteiger partial charge in [0.25, 0.3) is 0 Å². The summed E-state index contributed by atoms with van der Waals surface area (Å²) >= 11 is 0. The summed E-state index contributed by atoms with van der Waals surface area (Å²) in [7, 11) is 3.93. The van der Waals surface area contributed by atoms with Crippen LogP contribution in [0.2, 0.25) is 0 Å². The lowest BCUT2D eigenvalue weighted by molar-refractivity contribution is -0.0161. The zero-order chi connectivity index (χ0) is 17.9. The van der Waals surface area contributed by atoms with Gasteiger partial charge in [-0.15, -0.1) is 0 Å². The minimum Gasteiger partial charge on any atom is -0.487 e. The van der Waals surface area contributed by atoms with Crippen molar-refractivity contribution in [2.24, 2.45) is 4.99 Å². The molecule has 2 N–H and O–H groups in total. The van der Waals surface area contributed by atoms with Gasteiger partial charge in [0.05, 0.1) is 18.8 Å². The second-order valence-electron chi connectivity index (χ2n) is 7.51. The van der Waals surface area contributed by atoms with Crippen molar-refractivity contribution in [1.29, 1.82) is 0 Å². The largest absolute Gasteiger partial charge is 0.487 e. The fraction of sp³-hybridized carbons (Fsp3) is 0.632. The number of rotatable bonds is 3. The Hall–Kier alpha value is -1.79. The number of hydrogen-bond acceptors (Lipinski definition) is 4. The minimum absolute atomic E-state index is 0.168. The van der Waals surface area contributed by atoms with E-state index in [1.807, 2.05) is 12.1 Å². The molecule has 25 heavy (non-hydrogen) atoms. The number of benzene rings is 1. The van der Waals surface area contributed by atoms with Gasteiger partial charge >= 0.3 is 0 Å². The summed E-state index contributed by atoms with van der Waals surface area (Å²) in [6.45, 7) is 7.72. The molecule has 2 heterocycles. The average Bonchev–Trinajstić information content (AvgIpc) is 2.57. The van der Waals surface area contributed by atoms with Crippen LogP contribution in [0.15, 0.2) is 29.3 Å². The molecule has 3 rings (SSSR count). The third-order valence-electron chi connectivity index (χ3n) is 4.75. The highest BCUT2D eigenvalue weighted by atomic mass is 16.5. The fourth-order valence-corrected chi connectivity index (χ4v) is 3.49. The van der Waals surface area contributed by atoms with Gasteiger partial charge in [-0.25, -0.2) is 0 Å². The maximum atomic E-state index is 6.11. The van der Waals surface area contributed by atoms with E-state index in [1.165, 1.54) is 5.56 Å². The summed E-state index contributed by atoms with van der Waals surface area (Å²) in [5, 5.41) is 6.97. The van der Waals surface area contributed by atoms with Crippen LogP contribution in [0.1, 0.15) is 31.9 Å². The standard InChI is InChI=1S/C19H30N4O2/c1-19(2)11-16(15-7-5-6-8-17(15)25-19)22-18(20-3)21-12-14-13-23(4)9-10-24-14/h5-8,14,16H,9-13H2,1-4H3,(H2,20,21,22). The normalized spacial score (nSPS) is 26.5. The van der Waals surface area contributed by atoms with Crippen molar-refractivity contribution in [3.05, 3.63) is 29.8 Å². The third kappa shape index (κ3) is 4.64. The maximum Gasteiger partial charge on any atom is 0.191 e. The predicted octanol–water partition coefficient (Wildman–Crippen LogP) is 1.78. The van der Waals surface area contributed by atoms with Gasteiger partial charge in [0, 0.05) is 38.7 Å². The van der Waals surface area contributed by atoms with Gasteiger partial charge in [0.2, 0.25) is 0 Å². The first-order valence-electron chi connectivity index (χ1n) is 9.02. The van der Waals surface area contributed by atoms with Crippen LogP contribution < -0.4 is 15.4 Å². The van der Waals surface area contributed by atoms with E-state index < -0.39 is 0 Å². The van der Waals surface area contributed by atoms with Crippen molar-refractivity contribution in [3.63, 3.8) is 0 Å².